The van der Waals surface area contributed by atoms with E-state index in [1.165, 1.54) is 16.8 Å². The van der Waals surface area contributed by atoms with E-state index in [1.807, 2.05) is 0 Å². The van der Waals surface area contributed by atoms with Gasteiger partial charge in [0.1, 0.15) is 11.5 Å². The molecule has 1 aromatic heterocycles. The van der Waals surface area contributed by atoms with Gasteiger partial charge >= 0.3 is 5.97 Å². The van der Waals surface area contributed by atoms with Crippen molar-refractivity contribution >= 4 is 17.6 Å². The number of benzene rings is 1. The molecule has 19 heavy (non-hydrogen) atoms. The zero-order valence-corrected chi connectivity index (χ0v) is 11.2. The number of hydrogen-bond acceptors (Lipinski definition) is 3. The molecule has 6 heteroatoms. The number of halogens is 2. The summed E-state index contributed by atoms with van der Waals surface area (Å²) in [5, 5.41) is 0.0122. The summed E-state index contributed by atoms with van der Waals surface area (Å²) in [6.07, 6.45) is 1.35. The van der Waals surface area contributed by atoms with Crippen LogP contribution in [-0.4, -0.2) is 22.1 Å². The van der Waals surface area contributed by atoms with Gasteiger partial charge in [-0.15, -0.1) is 0 Å². The van der Waals surface area contributed by atoms with Crippen LogP contribution in [0.15, 0.2) is 24.4 Å². The van der Waals surface area contributed by atoms with Crippen molar-refractivity contribution in [3.05, 3.63) is 40.9 Å². The van der Waals surface area contributed by atoms with Crippen LogP contribution in [0, 0.1) is 5.82 Å². The number of aromatic nitrogens is 2. The van der Waals surface area contributed by atoms with E-state index in [9.17, 15) is 9.18 Å². The maximum atomic E-state index is 13.9. The third-order valence-corrected chi connectivity index (χ3v) is 2.96. The van der Waals surface area contributed by atoms with Gasteiger partial charge in [-0.3, -0.25) is 0 Å². The molecule has 0 fully saturated rings. The minimum absolute atomic E-state index is 0.0122. The molecule has 0 amide bonds. The number of nitrogens with zero attached hydrogens (tertiary/aromatic N) is 2. The van der Waals surface area contributed by atoms with Crippen LogP contribution in [-0.2, 0) is 11.8 Å². The molecule has 0 radical (unpaired) electrons. The molecule has 2 aromatic rings. The van der Waals surface area contributed by atoms with Crippen LogP contribution in [0.3, 0.4) is 0 Å². The molecule has 0 spiro atoms. The Hall–Kier alpha value is -1.88. The zero-order valence-electron chi connectivity index (χ0n) is 10.5. The van der Waals surface area contributed by atoms with E-state index >= 15 is 0 Å². The molecule has 0 unspecified atom stereocenters. The molecule has 0 saturated heterocycles. The zero-order chi connectivity index (χ0) is 14.0. The minimum Gasteiger partial charge on any atom is -0.461 e. The highest BCUT2D eigenvalue weighted by Crippen LogP contribution is 2.26. The molecular formula is C13H12ClFN2O2. The minimum atomic E-state index is -0.562. The smallest absolute Gasteiger partial charge is 0.356 e. The van der Waals surface area contributed by atoms with Crippen LogP contribution in [0.1, 0.15) is 17.4 Å². The summed E-state index contributed by atoms with van der Waals surface area (Å²) in [5.74, 6) is -0.734. The van der Waals surface area contributed by atoms with E-state index in [0.717, 1.165) is 0 Å². The average Bonchev–Trinajstić information content (AvgIpc) is 2.75. The maximum Gasteiger partial charge on any atom is 0.356 e. The molecule has 0 bridgehead atoms. The fraction of sp³-hybridized carbons (Fsp3) is 0.231. The Bertz CT molecular complexity index is 625. The predicted octanol–water partition coefficient (Wildman–Crippen LogP) is 3.06. The van der Waals surface area contributed by atoms with Crippen LogP contribution in [0.5, 0.6) is 0 Å². The Morgan fingerprint density at radius 2 is 2.26 bits per heavy atom. The monoisotopic (exact) mass is 282 g/mol. The molecule has 0 atom stereocenters. The first kappa shape index (κ1) is 13.5. The van der Waals surface area contributed by atoms with Gasteiger partial charge < -0.3 is 9.30 Å². The van der Waals surface area contributed by atoms with Crippen molar-refractivity contribution in [1.82, 2.24) is 9.55 Å². The van der Waals surface area contributed by atoms with Crippen LogP contribution in [0.4, 0.5) is 4.39 Å². The SMILES string of the molecule is CCOC(=O)c1cnc(-c2cccc(Cl)c2F)n1C. The van der Waals surface area contributed by atoms with Crippen molar-refractivity contribution in [2.24, 2.45) is 7.05 Å². The Labute approximate surface area is 114 Å². The van der Waals surface area contributed by atoms with Gasteiger partial charge in [0.05, 0.1) is 23.4 Å². The molecule has 0 aliphatic carbocycles. The van der Waals surface area contributed by atoms with Crippen LogP contribution < -0.4 is 0 Å². The first-order chi connectivity index (χ1) is 9.06. The van der Waals surface area contributed by atoms with Gasteiger partial charge in [-0.1, -0.05) is 17.7 Å². The van der Waals surface area contributed by atoms with Gasteiger partial charge in [0, 0.05) is 7.05 Å². The second-order valence-electron chi connectivity index (χ2n) is 3.85. The quantitative estimate of drug-likeness (QED) is 0.813. The molecular weight excluding hydrogens is 271 g/mol. The summed E-state index contributed by atoms with van der Waals surface area (Å²) in [6, 6.07) is 4.63. The fourth-order valence-corrected chi connectivity index (χ4v) is 1.91. The fourth-order valence-electron chi connectivity index (χ4n) is 1.73. The first-order valence-electron chi connectivity index (χ1n) is 5.69. The summed E-state index contributed by atoms with van der Waals surface area (Å²) in [6.45, 7) is 1.98. The number of ether oxygens (including phenoxy) is 1. The van der Waals surface area contributed by atoms with Crippen molar-refractivity contribution in [2.45, 2.75) is 6.92 Å². The molecule has 0 N–H and O–H groups in total. The molecule has 4 nitrogen and oxygen atoms in total. The number of imidazole rings is 1. The van der Waals surface area contributed by atoms with Gasteiger partial charge in [-0.05, 0) is 19.1 Å². The summed E-state index contributed by atoms with van der Waals surface area (Å²) in [5.41, 5.74) is 0.502. The Balaban J connectivity index is 2.48. The highest BCUT2D eigenvalue weighted by atomic mass is 35.5. The van der Waals surface area contributed by atoms with E-state index in [-0.39, 0.29) is 22.9 Å². The van der Waals surface area contributed by atoms with Gasteiger partial charge in [0.2, 0.25) is 0 Å². The lowest BCUT2D eigenvalue weighted by molar-refractivity contribution is 0.0515. The average molecular weight is 283 g/mol. The molecule has 0 aliphatic heterocycles. The third kappa shape index (κ3) is 2.46. The number of esters is 1. The Morgan fingerprint density at radius 3 is 2.95 bits per heavy atom. The van der Waals surface area contributed by atoms with Crippen molar-refractivity contribution < 1.29 is 13.9 Å². The second kappa shape index (κ2) is 5.40. The summed E-state index contributed by atoms with van der Waals surface area (Å²) in [4.78, 5) is 15.7. The summed E-state index contributed by atoms with van der Waals surface area (Å²) >= 11 is 5.73. The number of carbonyl (C=O) groups excluding carboxylic acids is 1. The van der Waals surface area contributed by atoms with Crippen molar-refractivity contribution in [3.63, 3.8) is 0 Å². The van der Waals surface area contributed by atoms with Crippen LogP contribution >= 0.6 is 11.6 Å². The van der Waals surface area contributed by atoms with Gasteiger partial charge in [-0.25, -0.2) is 14.2 Å². The standard InChI is InChI=1S/C13H12ClFN2O2/c1-3-19-13(18)10-7-16-12(17(10)2)8-5-4-6-9(14)11(8)15/h4-7H,3H2,1-2H3. The summed E-state index contributed by atoms with van der Waals surface area (Å²) < 4.78 is 20.3. The van der Waals surface area contributed by atoms with Gasteiger partial charge in [-0.2, -0.15) is 0 Å². The van der Waals surface area contributed by atoms with E-state index in [2.05, 4.69) is 4.98 Å². The van der Waals surface area contributed by atoms with Crippen molar-refractivity contribution in [2.75, 3.05) is 6.61 Å². The first-order valence-corrected chi connectivity index (χ1v) is 6.07. The number of carbonyl (C=O) groups is 1. The van der Waals surface area contributed by atoms with Crippen LogP contribution in [0.2, 0.25) is 5.02 Å². The predicted molar refractivity (Wildman–Crippen MR) is 69.6 cm³/mol. The van der Waals surface area contributed by atoms with Crippen molar-refractivity contribution in [1.29, 1.82) is 0 Å². The van der Waals surface area contributed by atoms with Crippen molar-refractivity contribution in [3.8, 4) is 11.4 Å². The molecule has 0 saturated carbocycles. The second-order valence-corrected chi connectivity index (χ2v) is 4.26. The normalized spacial score (nSPS) is 10.5. The van der Waals surface area contributed by atoms with Crippen LogP contribution in [0.25, 0.3) is 11.4 Å². The summed E-state index contributed by atoms with van der Waals surface area (Å²) in [7, 11) is 1.62. The third-order valence-electron chi connectivity index (χ3n) is 2.67. The lowest BCUT2D eigenvalue weighted by Crippen LogP contribution is -2.10. The molecule has 2 rings (SSSR count). The highest BCUT2D eigenvalue weighted by molar-refractivity contribution is 6.31. The molecule has 100 valence electrons. The lowest BCUT2D eigenvalue weighted by Gasteiger charge is -2.07. The number of hydrogen-bond donors (Lipinski definition) is 0. The van der Waals surface area contributed by atoms with E-state index in [0.29, 0.717) is 5.82 Å². The Kier molecular flexibility index (Phi) is 3.85. The number of rotatable bonds is 3. The van der Waals surface area contributed by atoms with Gasteiger partial charge in [0.25, 0.3) is 0 Å². The van der Waals surface area contributed by atoms with E-state index in [4.69, 9.17) is 16.3 Å². The lowest BCUT2D eigenvalue weighted by atomic mass is 10.2. The molecule has 1 heterocycles. The largest absolute Gasteiger partial charge is 0.461 e. The molecule has 0 aliphatic rings. The maximum absolute atomic E-state index is 13.9. The molecule has 1 aromatic carbocycles. The topological polar surface area (TPSA) is 44.1 Å². The Morgan fingerprint density at radius 1 is 1.53 bits per heavy atom. The van der Waals surface area contributed by atoms with E-state index < -0.39 is 11.8 Å². The van der Waals surface area contributed by atoms with E-state index in [1.54, 1.807) is 26.1 Å². The van der Waals surface area contributed by atoms with Gasteiger partial charge in [0.15, 0.2) is 5.82 Å². The highest BCUT2D eigenvalue weighted by Gasteiger charge is 2.18.